The van der Waals surface area contributed by atoms with Crippen LogP contribution in [0, 0.1) is 0 Å². The second kappa shape index (κ2) is 9.85. The third-order valence-corrected chi connectivity index (χ3v) is 8.38. The van der Waals surface area contributed by atoms with Crippen LogP contribution in [0.2, 0.25) is 0 Å². The van der Waals surface area contributed by atoms with Crippen LogP contribution in [-0.4, -0.2) is 11.7 Å². The van der Waals surface area contributed by atoms with E-state index in [4.69, 9.17) is 19.1 Å². The molecule has 7 aromatic rings. The van der Waals surface area contributed by atoms with Crippen molar-refractivity contribution in [1.82, 2.24) is 5.32 Å². The zero-order valence-electron chi connectivity index (χ0n) is 23.6. The molecule has 2 N–H and O–H groups in total. The van der Waals surface area contributed by atoms with Gasteiger partial charge in [0, 0.05) is 27.3 Å². The third kappa shape index (κ3) is 4.03. The van der Waals surface area contributed by atoms with Crippen LogP contribution in [0.3, 0.4) is 0 Å². The zero-order chi connectivity index (χ0) is 29.0. The lowest BCUT2D eigenvalue weighted by molar-refractivity contribution is 0.260. The van der Waals surface area contributed by atoms with Gasteiger partial charge in [0.1, 0.15) is 28.9 Å². The number of rotatable bonds is 4. The molecule has 0 aliphatic carbocycles. The summed E-state index contributed by atoms with van der Waals surface area (Å²) in [6.45, 7) is 0. The summed E-state index contributed by atoms with van der Waals surface area (Å²) >= 11 is 0. The molecule has 2 aliphatic heterocycles. The van der Waals surface area contributed by atoms with Crippen LogP contribution in [-0.2, 0) is 0 Å². The van der Waals surface area contributed by atoms with Crippen molar-refractivity contribution in [3.05, 3.63) is 156 Å². The summed E-state index contributed by atoms with van der Waals surface area (Å²) in [5.74, 6) is 2.31. The van der Waals surface area contributed by atoms with Crippen molar-refractivity contribution in [3.8, 4) is 5.75 Å². The average Bonchev–Trinajstić information content (AvgIpc) is 3.71. The Hall–Kier alpha value is -5.88. The molecule has 0 saturated carbocycles. The highest BCUT2D eigenvalue weighted by molar-refractivity contribution is 6.14. The molecular weight excluding hydrogens is 544 g/mol. The molecule has 9 rings (SSSR count). The fourth-order valence-electron chi connectivity index (χ4n) is 6.23. The van der Waals surface area contributed by atoms with Gasteiger partial charge in [-0.05, 0) is 35.2 Å². The number of fused-ring (bicyclic) bond motifs is 6. The van der Waals surface area contributed by atoms with Gasteiger partial charge < -0.3 is 19.8 Å². The molecule has 0 bridgehead atoms. The summed E-state index contributed by atoms with van der Waals surface area (Å²) in [5, 5.41) is 11.6. The largest absolute Gasteiger partial charge is 0.464 e. The van der Waals surface area contributed by atoms with Gasteiger partial charge in [-0.15, -0.1) is 0 Å². The zero-order valence-corrected chi connectivity index (χ0v) is 23.6. The van der Waals surface area contributed by atoms with Crippen LogP contribution in [0.25, 0.3) is 32.7 Å². The Labute approximate surface area is 253 Å². The molecule has 6 aromatic carbocycles. The van der Waals surface area contributed by atoms with E-state index in [1.165, 1.54) is 0 Å². The molecule has 2 unspecified atom stereocenters. The summed E-state index contributed by atoms with van der Waals surface area (Å²) in [5.41, 5.74) is 6.72. The third-order valence-electron chi connectivity index (χ3n) is 8.38. The lowest BCUT2D eigenvalue weighted by Gasteiger charge is -2.24. The highest BCUT2D eigenvalue weighted by atomic mass is 16.5. The minimum Gasteiger partial charge on any atom is -0.464 e. The van der Waals surface area contributed by atoms with Crippen LogP contribution in [0.4, 0.5) is 5.69 Å². The molecule has 6 heteroatoms. The average molecular weight is 571 g/mol. The van der Waals surface area contributed by atoms with E-state index in [1.807, 2.05) is 72.8 Å². The number of furan rings is 1. The maximum Gasteiger partial charge on any atom is 0.200 e. The first-order valence-corrected chi connectivity index (χ1v) is 14.7. The monoisotopic (exact) mass is 570 g/mol. The molecule has 2 aliphatic rings. The first kappa shape index (κ1) is 24.7. The van der Waals surface area contributed by atoms with Gasteiger partial charge in [-0.2, -0.15) is 0 Å². The second-order valence-electron chi connectivity index (χ2n) is 11.1. The number of aliphatic imine (C=N–C) groups is 2. The Kier molecular flexibility index (Phi) is 5.53. The number of benzene rings is 6. The molecule has 2 atom stereocenters. The van der Waals surface area contributed by atoms with Crippen molar-refractivity contribution in [3.63, 3.8) is 0 Å². The van der Waals surface area contributed by atoms with Gasteiger partial charge in [0.25, 0.3) is 0 Å². The lowest BCUT2D eigenvalue weighted by atomic mass is 10.0. The molecule has 3 heterocycles. The number of ether oxygens (including phenoxy) is 1. The Morgan fingerprint density at radius 1 is 0.614 bits per heavy atom. The molecule has 6 nitrogen and oxygen atoms in total. The SMILES string of the molecule is c1ccc(C2=NC(c3ccccc3)NC(c3ccc4c5c(ccc4c3)OC(c3cccc4c3oc3ccccc34)N5)=N2)cc1. The Balaban J connectivity index is 1.08. The van der Waals surface area contributed by atoms with Crippen LogP contribution >= 0.6 is 0 Å². The van der Waals surface area contributed by atoms with Crippen molar-refractivity contribution in [2.75, 3.05) is 5.32 Å². The number of nitrogens with zero attached hydrogens (tertiary/aromatic N) is 2. The highest BCUT2D eigenvalue weighted by Gasteiger charge is 2.29. The standard InChI is InChI=1S/C38H26N4O2/c1-3-10-23(11-4-1)35-40-36(24-12-5-2-6-13-24)42-37(41-35)26-18-20-27-25(22-26)19-21-32-33(27)39-38(44-32)30-16-9-15-29-28-14-7-8-17-31(28)43-34(29)30/h1-22,35,38-39H,(H,40,41,42). The summed E-state index contributed by atoms with van der Waals surface area (Å²) in [6, 6.07) is 45.3. The predicted molar refractivity (Wildman–Crippen MR) is 176 cm³/mol. The molecule has 210 valence electrons. The maximum atomic E-state index is 6.45. The van der Waals surface area contributed by atoms with E-state index < -0.39 is 0 Å². The van der Waals surface area contributed by atoms with Crippen molar-refractivity contribution >= 4 is 50.1 Å². The topological polar surface area (TPSA) is 71.2 Å². The smallest absolute Gasteiger partial charge is 0.200 e. The molecule has 0 fully saturated rings. The summed E-state index contributed by atoms with van der Waals surface area (Å²) in [4.78, 5) is 9.94. The fraction of sp³-hybridized carbons (Fsp3) is 0.0526. The van der Waals surface area contributed by atoms with E-state index >= 15 is 0 Å². The number of amidine groups is 2. The fourth-order valence-corrected chi connectivity index (χ4v) is 6.23. The first-order chi connectivity index (χ1) is 21.8. The van der Waals surface area contributed by atoms with E-state index in [1.54, 1.807) is 0 Å². The van der Waals surface area contributed by atoms with Crippen LogP contribution in [0.1, 0.15) is 34.6 Å². The van der Waals surface area contributed by atoms with Crippen molar-refractivity contribution in [1.29, 1.82) is 0 Å². The van der Waals surface area contributed by atoms with Gasteiger partial charge in [0.2, 0.25) is 0 Å². The molecule has 0 saturated heterocycles. The Morgan fingerprint density at radius 2 is 1.41 bits per heavy atom. The maximum absolute atomic E-state index is 6.45. The number of hydrogen-bond donors (Lipinski definition) is 2. The van der Waals surface area contributed by atoms with E-state index in [2.05, 4.69) is 71.3 Å². The molecule has 44 heavy (non-hydrogen) atoms. The number of nitrogens with one attached hydrogen (secondary N) is 2. The summed E-state index contributed by atoms with van der Waals surface area (Å²) in [6.07, 6.45) is -0.605. The van der Waals surface area contributed by atoms with Gasteiger partial charge in [-0.1, -0.05) is 109 Å². The minimum absolute atomic E-state index is 0.244. The van der Waals surface area contributed by atoms with Crippen LogP contribution in [0.5, 0.6) is 5.75 Å². The number of hydrogen-bond acceptors (Lipinski definition) is 6. The first-order valence-electron chi connectivity index (χ1n) is 14.7. The van der Waals surface area contributed by atoms with Gasteiger partial charge >= 0.3 is 0 Å². The van der Waals surface area contributed by atoms with Crippen molar-refractivity contribution in [2.24, 2.45) is 9.98 Å². The lowest BCUT2D eigenvalue weighted by Crippen LogP contribution is -2.33. The van der Waals surface area contributed by atoms with Gasteiger partial charge in [-0.25, -0.2) is 9.98 Å². The van der Waals surface area contributed by atoms with E-state index in [0.29, 0.717) is 5.84 Å². The van der Waals surface area contributed by atoms with Crippen LogP contribution < -0.4 is 15.4 Å². The minimum atomic E-state index is -0.361. The van der Waals surface area contributed by atoms with E-state index in [9.17, 15) is 0 Å². The highest BCUT2D eigenvalue weighted by Crippen LogP contribution is 2.45. The summed E-state index contributed by atoms with van der Waals surface area (Å²) < 4.78 is 12.8. The molecular formula is C38H26N4O2. The van der Waals surface area contributed by atoms with Gasteiger partial charge in [0.05, 0.1) is 11.3 Å². The molecule has 0 spiro atoms. The number of para-hydroxylation sites is 2. The summed E-state index contributed by atoms with van der Waals surface area (Å²) in [7, 11) is 0. The molecule has 0 radical (unpaired) electrons. The van der Waals surface area contributed by atoms with E-state index in [0.717, 1.165) is 72.2 Å². The van der Waals surface area contributed by atoms with Crippen LogP contribution in [0.15, 0.2) is 148 Å². The Morgan fingerprint density at radius 3 is 2.30 bits per heavy atom. The van der Waals surface area contributed by atoms with Gasteiger partial charge in [0.15, 0.2) is 12.1 Å². The molecule has 1 aromatic heterocycles. The van der Waals surface area contributed by atoms with E-state index in [-0.39, 0.29) is 12.4 Å². The second-order valence-corrected chi connectivity index (χ2v) is 11.1. The van der Waals surface area contributed by atoms with Crippen molar-refractivity contribution < 1.29 is 9.15 Å². The quantitative estimate of drug-likeness (QED) is 0.222. The number of anilines is 1. The normalized spacial score (nSPS) is 17.5. The molecule has 0 amide bonds. The van der Waals surface area contributed by atoms with Crippen molar-refractivity contribution in [2.45, 2.75) is 12.4 Å². The van der Waals surface area contributed by atoms with Gasteiger partial charge in [-0.3, -0.25) is 0 Å². The predicted octanol–water partition coefficient (Wildman–Crippen LogP) is 8.74. The Bertz CT molecular complexity index is 2270.